The standard InChI is InChI=1S/C12H23NO5/c1-6-17-10(15)7-9(14)8(2)13-11(16)18-12(3,4)5/h8-9,14H,6-7H2,1-5H3,(H,13,16)/t8-,9?/m0/s1. The summed E-state index contributed by atoms with van der Waals surface area (Å²) in [5.41, 5.74) is -0.601. The molecule has 0 aromatic heterocycles. The van der Waals surface area contributed by atoms with E-state index < -0.39 is 29.8 Å². The lowest BCUT2D eigenvalue weighted by Gasteiger charge is -2.24. The fraction of sp³-hybridized carbons (Fsp3) is 0.833. The molecule has 0 heterocycles. The summed E-state index contributed by atoms with van der Waals surface area (Å²) in [4.78, 5) is 22.6. The van der Waals surface area contributed by atoms with Crippen molar-refractivity contribution in [1.82, 2.24) is 5.32 Å². The number of rotatable bonds is 5. The first-order chi connectivity index (χ1) is 8.15. The van der Waals surface area contributed by atoms with Crippen molar-refractivity contribution in [1.29, 1.82) is 0 Å². The Morgan fingerprint density at radius 2 is 1.89 bits per heavy atom. The number of nitrogens with one attached hydrogen (secondary N) is 1. The summed E-state index contributed by atoms with van der Waals surface area (Å²) in [6.45, 7) is 8.77. The van der Waals surface area contributed by atoms with Crippen molar-refractivity contribution in [2.24, 2.45) is 0 Å². The molecule has 6 nitrogen and oxygen atoms in total. The maximum absolute atomic E-state index is 11.4. The van der Waals surface area contributed by atoms with Crippen LogP contribution in [0.2, 0.25) is 0 Å². The molecule has 18 heavy (non-hydrogen) atoms. The second-order valence-electron chi connectivity index (χ2n) is 5.01. The molecule has 1 amide bonds. The molecule has 0 aliphatic carbocycles. The molecule has 2 N–H and O–H groups in total. The van der Waals surface area contributed by atoms with E-state index in [0.717, 1.165) is 0 Å². The number of carbonyl (C=O) groups excluding carboxylic acids is 2. The van der Waals surface area contributed by atoms with Crippen LogP contribution in [0.25, 0.3) is 0 Å². The van der Waals surface area contributed by atoms with E-state index in [0.29, 0.717) is 0 Å². The Balaban J connectivity index is 4.11. The zero-order chi connectivity index (χ0) is 14.3. The number of aliphatic hydroxyl groups is 1. The van der Waals surface area contributed by atoms with Gasteiger partial charge in [-0.05, 0) is 34.6 Å². The van der Waals surface area contributed by atoms with Gasteiger partial charge in [0.15, 0.2) is 0 Å². The molecule has 2 atom stereocenters. The fourth-order valence-electron chi connectivity index (χ4n) is 1.16. The lowest BCUT2D eigenvalue weighted by atomic mass is 10.1. The van der Waals surface area contributed by atoms with Crippen LogP contribution in [0.1, 0.15) is 41.0 Å². The minimum absolute atomic E-state index is 0.162. The molecule has 0 radical (unpaired) electrons. The second-order valence-corrected chi connectivity index (χ2v) is 5.01. The smallest absolute Gasteiger partial charge is 0.407 e. The molecule has 6 heteroatoms. The van der Waals surface area contributed by atoms with Gasteiger partial charge in [-0.1, -0.05) is 0 Å². The molecule has 0 aliphatic heterocycles. The van der Waals surface area contributed by atoms with Gasteiger partial charge in [-0.15, -0.1) is 0 Å². The zero-order valence-corrected chi connectivity index (χ0v) is 11.6. The van der Waals surface area contributed by atoms with Crippen molar-refractivity contribution >= 4 is 12.1 Å². The Bertz CT molecular complexity index is 285. The largest absolute Gasteiger partial charge is 0.466 e. The zero-order valence-electron chi connectivity index (χ0n) is 11.6. The van der Waals surface area contributed by atoms with E-state index in [1.165, 1.54) is 0 Å². The van der Waals surface area contributed by atoms with Crippen molar-refractivity contribution in [3.05, 3.63) is 0 Å². The first-order valence-electron chi connectivity index (χ1n) is 5.99. The number of amides is 1. The summed E-state index contributed by atoms with van der Waals surface area (Å²) >= 11 is 0. The predicted octanol–water partition coefficient (Wildman–Crippen LogP) is 1.21. The Hall–Kier alpha value is -1.30. The van der Waals surface area contributed by atoms with Crippen LogP contribution in [-0.4, -0.2) is 41.5 Å². The molecular weight excluding hydrogens is 238 g/mol. The average molecular weight is 261 g/mol. The van der Waals surface area contributed by atoms with Gasteiger partial charge < -0.3 is 19.9 Å². The third-order valence-electron chi connectivity index (χ3n) is 2.00. The van der Waals surface area contributed by atoms with Crippen LogP contribution >= 0.6 is 0 Å². The minimum Gasteiger partial charge on any atom is -0.466 e. The van der Waals surface area contributed by atoms with E-state index in [2.05, 4.69) is 5.32 Å². The second kappa shape index (κ2) is 7.20. The molecular formula is C12H23NO5. The molecule has 0 saturated carbocycles. The maximum atomic E-state index is 11.4. The Morgan fingerprint density at radius 3 is 2.33 bits per heavy atom. The van der Waals surface area contributed by atoms with Crippen molar-refractivity contribution in [3.8, 4) is 0 Å². The number of hydrogen-bond acceptors (Lipinski definition) is 5. The van der Waals surface area contributed by atoms with Gasteiger partial charge >= 0.3 is 12.1 Å². The average Bonchev–Trinajstić information content (AvgIpc) is 2.14. The van der Waals surface area contributed by atoms with Crippen LogP contribution in [0, 0.1) is 0 Å². The lowest BCUT2D eigenvalue weighted by Crippen LogP contribution is -2.44. The van der Waals surface area contributed by atoms with Gasteiger partial charge in [0, 0.05) is 0 Å². The summed E-state index contributed by atoms with van der Waals surface area (Å²) in [5.74, 6) is -0.497. The molecule has 0 fully saturated rings. The molecule has 0 aliphatic rings. The Morgan fingerprint density at radius 1 is 1.33 bits per heavy atom. The minimum atomic E-state index is -1.00. The number of carbonyl (C=O) groups is 2. The van der Waals surface area contributed by atoms with Crippen molar-refractivity contribution in [2.75, 3.05) is 6.61 Å². The summed E-state index contributed by atoms with van der Waals surface area (Å²) in [6, 6.07) is -0.593. The van der Waals surface area contributed by atoms with Crippen LogP contribution in [0.15, 0.2) is 0 Å². The Labute approximate surface area is 108 Å². The van der Waals surface area contributed by atoms with Crippen molar-refractivity contribution in [3.63, 3.8) is 0 Å². The van der Waals surface area contributed by atoms with Crippen LogP contribution < -0.4 is 5.32 Å². The number of alkyl carbamates (subject to hydrolysis) is 1. The van der Waals surface area contributed by atoms with Gasteiger partial charge in [-0.3, -0.25) is 4.79 Å². The van der Waals surface area contributed by atoms with Crippen molar-refractivity contribution < 1.29 is 24.2 Å². The highest BCUT2D eigenvalue weighted by Gasteiger charge is 2.23. The molecule has 0 saturated heterocycles. The van der Waals surface area contributed by atoms with Gasteiger partial charge in [0.1, 0.15) is 5.60 Å². The molecule has 0 bridgehead atoms. The van der Waals surface area contributed by atoms with E-state index in [1.807, 2.05) is 0 Å². The van der Waals surface area contributed by atoms with Crippen LogP contribution in [0.3, 0.4) is 0 Å². The van der Waals surface area contributed by atoms with E-state index in [-0.39, 0.29) is 13.0 Å². The monoisotopic (exact) mass is 261 g/mol. The third-order valence-corrected chi connectivity index (χ3v) is 2.00. The summed E-state index contributed by atoms with van der Waals surface area (Å²) < 4.78 is 9.74. The number of hydrogen-bond donors (Lipinski definition) is 2. The molecule has 0 aromatic rings. The highest BCUT2D eigenvalue weighted by molar-refractivity contribution is 5.71. The van der Waals surface area contributed by atoms with Gasteiger partial charge in [-0.25, -0.2) is 4.79 Å². The summed E-state index contributed by atoms with van der Waals surface area (Å²) in [7, 11) is 0. The highest BCUT2D eigenvalue weighted by atomic mass is 16.6. The first kappa shape index (κ1) is 16.7. The van der Waals surface area contributed by atoms with Crippen LogP contribution in [0.5, 0.6) is 0 Å². The first-order valence-corrected chi connectivity index (χ1v) is 5.99. The predicted molar refractivity (Wildman–Crippen MR) is 66.1 cm³/mol. The van der Waals surface area contributed by atoms with Gasteiger partial charge in [0.2, 0.25) is 0 Å². The van der Waals surface area contributed by atoms with E-state index in [9.17, 15) is 14.7 Å². The topological polar surface area (TPSA) is 84.9 Å². The van der Waals surface area contributed by atoms with Crippen molar-refractivity contribution in [2.45, 2.75) is 58.8 Å². The summed E-state index contributed by atoms with van der Waals surface area (Å²) in [6.07, 6.45) is -1.79. The fourth-order valence-corrected chi connectivity index (χ4v) is 1.16. The van der Waals surface area contributed by atoms with Gasteiger partial charge in [0.05, 0.1) is 25.2 Å². The van der Waals surface area contributed by atoms with Crippen LogP contribution in [0.4, 0.5) is 4.79 Å². The molecule has 0 rings (SSSR count). The summed E-state index contributed by atoms with van der Waals surface area (Å²) in [5, 5.41) is 12.2. The maximum Gasteiger partial charge on any atom is 0.407 e. The number of aliphatic hydroxyl groups excluding tert-OH is 1. The normalized spacial score (nSPS) is 14.6. The molecule has 106 valence electrons. The highest BCUT2D eigenvalue weighted by Crippen LogP contribution is 2.08. The van der Waals surface area contributed by atoms with Gasteiger partial charge in [-0.2, -0.15) is 0 Å². The SMILES string of the molecule is CCOC(=O)CC(O)[C@H](C)NC(=O)OC(C)(C)C. The van der Waals surface area contributed by atoms with E-state index in [4.69, 9.17) is 9.47 Å². The third kappa shape index (κ3) is 7.89. The Kier molecular flexibility index (Phi) is 6.68. The van der Waals surface area contributed by atoms with E-state index >= 15 is 0 Å². The number of esters is 1. The molecule has 0 spiro atoms. The number of ether oxygens (including phenoxy) is 2. The molecule has 0 aromatic carbocycles. The quantitative estimate of drug-likeness (QED) is 0.727. The van der Waals surface area contributed by atoms with Crippen LogP contribution in [-0.2, 0) is 14.3 Å². The van der Waals surface area contributed by atoms with Gasteiger partial charge in [0.25, 0.3) is 0 Å². The van der Waals surface area contributed by atoms with E-state index in [1.54, 1.807) is 34.6 Å². The molecule has 1 unspecified atom stereocenters. The lowest BCUT2D eigenvalue weighted by molar-refractivity contribution is -0.145.